The predicted molar refractivity (Wildman–Crippen MR) is 122 cm³/mol. The third-order valence-corrected chi connectivity index (χ3v) is 10.0. The zero-order valence-electron chi connectivity index (χ0n) is 20.4. The van der Waals surface area contributed by atoms with Gasteiger partial charge in [0.15, 0.2) is 5.78 Å². The minimum absolute atomic E-state index is 0.0468. The standard InChI is InChI=1S/C27H40O5/c1-16(6-9-24(30)31-5)20-7-8-21-25-22(11-13-27(20,21)4)26(3)12-10-19(32-17(2)28)14-18(26)15-23(25)29/h15-16,19-22,25H,6-14H2,1-5H3/t16?,19?,20-,21+,22+,25+,26+,27-/m1/s1. The first kappa shape index (κ1) is 23.5. The smallest absolute Gasteiger partial charge is 0.305 e. The Morgan fingerprint density at radius 3 is 2.56 bits per heavy atom. The molecule has 2 unspecified atom stereocenters. The molecule has 0 amide bonds. The number of rotatable bonds is 5. The summed E-state index contributed by atoms with van der Waals surface area (Å²) < 4.78 is 10.4. The molecular weight excluding hydrogens is 404 g/mol. The number of ketones is 1. The van der Waals surface area contributed by atoms with Crippen molar-refractivity contribution in [2.24, 2.45) is 40.4 Å². The summed E-state index contributed by atoms with van der Waals surface area (Å²) in [7, 11) is 1.46. The number of fused-ring (bicyclic) bond motifs is 5. The van der Waals surface area contributed by atoms with E-state index in [1.807, 2.05) is 6.08 Å². The van der Waals surface area contributed by atoms with Crippen molar-refractivity contribution in [3.8, 4) is 0 Å². The fraction of sp³-hybridized carbons (Fsp3) is 0.815. The van der Waals surface area contributed by atoms with Gasteiger partial charge >= 0.3 is 11.9 Å². The number of allylic oxidation sites excluding steroid dienone is 1. The lowest BCUT2D eigenvalue weighted by Gasteiger charge is -2.57. The molecule has 4 aliphatic rings. The summed E-state index contributed by atoms with van der Waals surface area (Å²) in [5.41, 5.74) is 1.43. The van der Waals surface area contributed by atoms with Gasteiger partial charge in [0.2, 0.25) is 0 Å². The highest BCUT2D eigenvalue weighted by molar-refractivity contribution is 5.94. The van der Waals surface area contributed by atoms with Crippen LogP contribution in [-0.2, 0) is 23.9 Å². The van der Waals surface area contributed by atoms with Crippen LogP contribution in [-0.4, -0.2) is 30.9 Å². The van der Waals surface area contributed by atoms with Crippen LogP contribution in [0.2, 0.25) is 0 Å². The maximum Gasteiger partial charge on any atom is 0.305 e. The van der Waals surface area contributed by atoms with Gasteiger partial charge in [-0.25, -0.2) is 0 Å². The first-order valence-corrected chi connectivity index (χ1v) is 12.6. The lowest BCUT2D eigenvalue weighted by atomic mass is 9.46. The average molecular weight is 445 g/mol. The van der Waals surface area contributed by atoms with E-state index in [2.05, 4.69) is 20.8 Å². The highest BCUT2D eigenvalue weighted by Crippen LogP contribution is 2.66. The van der Waals surface area contributed by atoms with E-state index in [0.717, 1.165) is 44.9 Å². The summed E-state index contributed by atoms with van der Waals surface area (Å²) in [6.07, 6.45) is 10.3. The van der Waals surface area contributed by atoms with Gasteiger partial charge in [0.1, 0.15) is 6.10 Å². The molecule has 0 N–H and O–H groups in total. The molecule has 4 rings (SSSR count). The number of esters is 2. The van der Waals surface area contributed by atoms with Crippen LogP contribution in [0.1, 0.15) is 85.5 Å². The fourth-order valence-electron chi connectivity index (χ4n) is 8.33. The van der Waals surface area contributed by atoms with E-state index < -0.39 is 0 Å². The molecule has 0 saturated heterocycles. The molecule has 0 heterocycles. The minimum atomic E-state index is -0.231. The van der Waals surface area contributed by atoms with E-state index in [-0.39, 0.29) is 34.8 Å². The summed E-state index contributed by atoms with van der Waals surface area (Å²) in [6, 6.07) is 0. The first-order valence-electron chi connectivity index (χ1n) is 12.6. The Morgan fingerprint density at radius 1 is 1.12 bits per heavy atom. The third kappa shape index (κ3) is 3.84. The zero-order chi connectivity index (χ0) is 23.3. The molecule has 3 saturated carbocycles. The summed E-state index contributed by atoms with van der Waals surface area (Å²) in [4.78, 5) is 36.7. The SMILES string of the molecule is COC(=O)CCC(C)[C@H]1CC[C@H]2[C@@H]3C(=O)C=C4CC(OC(C)=O)CC[C@]4(C)[C@H]3CC[C@]12C. The number of methoxy groups -OCH3 is 1. The van der Waals surface area contributed by atoms with Crippen LogP contribution in [0.4, 0.5) is 0 Å². The quantitative estimate of drug-likeness (QED) is 0.541. The van der Waals surface area contributed by atoms with Crippen molar-refractivity contribution in [3.63, 3.8) is 0 Å². The van der Waals surface area contributed by atoms with Gasteiger partial charge in [0.05, 0.1) is 7.11 Å². The Balaban J connectivity index is 1.54. The predicted octanol–water partition coefficient (Wildman–Crippen LogP) is 5.27. The molecule has 0 aromatic carbocycles. The molecule has 32 heavy (non-hydrogen) atoms. The van der Waals surface area contributed by atoms with Crippen molar-refractivity contribution in [2.45, 2.75) is 91.6 Å². The second-order valence-corrected chi connectivity index (χ2v) is 11.5. The van der Waals surface area contributed by atoms with Crippen LogP contribution in [0, 0.1) is 40.4 Å². The van der Waals surface area contributed by atoms with Crippen molar-refractivity contribution in [2.75, 3.05) is 7.11 Å². The lowest BCUT2D eigenvalue weighted by molar-refractivity contribution is -0.149. The fourth-order valence-corrected chi connectivity index (χ4v) is 8.33. The molecule has 0 aromatic rings. The normalized spacial score (nSPS) is 41.6. The van der Waals surface area contributed by atoms with Gasteiger partial charge in [0, 0.05) is 25.7 Å². The molecule has 0 bridgehead atoms. The second kappa shape index (κ2) is 8.61. The van der Waals surface area contributed by atoms with E-state index in [1.54, 1.807) is 0 Å². The van der Waals surface area contributed by atoms with Gasteiger partial charge in [-0.3, -0.25) is 14.4 Å². The average Bonchev–Trinajstić information content (AvgIpc) is 3.09. The van der Waals surface area contributed by atoms with E-state index >= 15 is 0 Å². The molecule has 3 fully saturated rings. The Kier molecular flexibility index (Phi) is 6.32. The van der Waals surface area contributed by atoms with E-state index in [9.17, 15) is 14.4 Å². The molecule has 0 spiro atoms. The van der Waals surface area contributed by atoms with Crippen LogP contribution in [0.3, 0.4) is 0 Å². The van der Waals surface area contributed by atoms with Crippen molar-refractivity contribution < 1.29 is 23.9 Å². The maximum absolute atomic E-state index is 13.5. The Bertz CT molecular complexity index is 815. The van der Waals surface area contributed by atoms with Crippen LogP contribution in [0.5, 0.6) is 0 Å². The monoisotopic (exact) mass is 444 g/mol. The third-order valence-electron chi connectivity index (χ3n) is 10.0. The lowest BCUT2D eigenvalue weighted by Crippen LogP contribution is -2.53. The number of carbonyl (C=O) groups excluding carboxylic acids is 3. The first-order chi connectivity index (χ1) is 15.1. The van der Waals surface area contributed by atoms with Crippen molar-refractivity contribution in [1.82, 2.24) is 0 Å². The van der Waals surface area contributed by atoms with Crippen LogP contribution >= 0.6 is 0 Å². The van der Waals surface area contributed by atoms with Crippen molar-refractivity contribution in [1.29, 1.82) is 0 Å². The Morgan fingerprint density at radius 2 is 1.88 bits per heavy atom. The Hall–Kier alpha value is -1.65. The molecule has 0 aromatic heterocycles. The topological polar surface area (TPSA) is 69.7 Å². The Labute approximate surface area is 192 Å². The highest BCUT2D eigenvalue weighted by Gasteiger charge is 2.61. The van der Waals surface area contributed by atoms with Crippen LogP contribution < -0.4 is 0 Å². The summed E-state index contributed by atoms with van der Waals surface area (Å²) in [6.45, 7) is 8.54. The molecule has 0 aliphatic heterocycles. The van der Waals surface area contributed by atoms with Gasteiger partial charge < -0.3 is 9.47 Å². The summed E-state index contributed by atoms with van der Waals surface area (Å²) in [5, 5.41) is 0. The highest BCUT2D eigenvalue weighted by atomic mass is 16.5. The molecule has 5 nitrogen and oxygen atoms in total. The van der Waals surface area contributed by atoms with E-state index in [0.29, 0.717) is 42.3 Å². The van der Waals surface area contributed by atoms with Gasteiger partial charge in [-0.05, 0) is 85.5 Å². The number of ether oxygens (including phenoxy) is 2. The molecular formula is C27H40O5. The minimum Gasteiger partial charge on any atom is -0.469 e. The van der Waals surface area contributed by atoms with Crippen molar-refractivity contribution >= 4 is 17.7 Å². The summed E-state index contributed by atoms with van der Waals surface area (Å²) in [5.74, 6) is 1.92. The maximum atomic E-state index is 13.5. The molecule has 0 radical (unpaired) electrons. The van der Waals surface area contributed by atoms with Crippen molar-refractivity contribution in [3.05, 3.63) is 11.6 Å². The van der Waals surface area contributed by atoms with E-state index in [4.69, 9.17) is 9.47 Å². The molecule has 5 heteroatoms. The summed E-state index contributed by atoms with van der Waals surface area (Å²) >= 11 is 0. The van der Waals surface area contributed by atoms with Crippen LogP contribution in [0.15, 0.2) is 11.6 Å². The number of hydrogen-bond acceptors (Lipinski definition) is 5. The molecule has 178 valence electrons. The second-order valence-electron chi connectivity index (χ2n) is 11.5. The number of hydrogen-bond donors (Lipinski definition) is 0. The van der Waals surface area contributed by atoms with E-state index in [1.165, 1.54) is 19.6 Å². The van der Waals surface area contributed by atoms with Crippen LogP contribution in [0.25, 0.3) is 0 Å². The molecule has 4 aliphatic carbocycles. The largest absolute Gasteiger partial charge is 0.469 e. The number of carbonyl (C=O) groups is 3. The zero-order valence-corrected chi connectivity index (χ0v) is 20.4. The van der Waals surface area contributed by atoms with Gasteiger partial charge in [0.25, 0.3) is 0 Å². The van der Waals surface area contributed by atoms with Gasteiger partial charge in [-0.15, -0.1) is 0 Å². The van der Waals surface area contributed by atoms with Gasteiger partial charge in [-0.2, -0.15) is 0 Å². The van der Waals surface area contributed by atoms with Gasteiger partial charge in [-0.1, -0.05) is 26.3 Å². The molecule has 8 atom stereocenters.